The van der Waals surface area contributed by atoms with E-state index in [4.69, 9.17) is 18.9 Å². The zero-order chi connectivity index (χ0) is 19.2. The fourth-order valence-electron chi connectivity index (χ4n) is 2.58. The quantitative estimate of drug-likeness (QED) is 0.562. The van der Waals surface area contributed by atoms with Crippen LogP contribution in [0.4, 0.5) is 5.82 Å². The molecule has 1 aromatic carbocycles. The van der Waals surface area contributed by atoms with Crippen LogP contribution in [0.25, 0.3) is 0 Å². The molecule has 144 valence electrons. The normalized spacial score (nSPS) is 19.3. The van der Waals surface area contributed by atoms with Crippen molar-refractivity contribution >= 4 is 11.8 Å². The van der Waals surface area contributed by atoms with Crippen LogP contribution >= 0.6 is 0 Å². The average Bonchev–Trinajstić information content (AvgIpc) is 3.08. The van der Waals surface area contributed by atoms with Crippen molar-refractivity contribution in [1.82, 2.24) is 9.78 Å². The summed E-state index contributed by atoms with van der Waals surface area (Å²) in [6.45, 7) is 4.35. The van der Waals surface area contributed by atoms with Gasteiger partial charge in [0.15, 0.2) is 12.6 Å². The summed E-state index contributed by atoms with van der Waals surface area (Å²) in [5.74, 6) is 1.04. The molecule has 1 fully saturated rings. The molecule has 1 saturated heterocycles. The van der Waals surface area contributed by atoms with Crippen LogP contribution in [0.5, 0.6) is 5.75 Å². The third-order valence-electron chi connectivity index (χ3n) is 3.98. The van der Waals surface area contributed by atoms with Crippen molar-refractivity contribution < 1.29 is 23.7 Å². The Kier molecular flexibility index (Phi) is 6.10. The number of aromatic nitrogens is 2. The van der Waals surface area contributed by atoms with Gasteiger partial charge >= 0.3 is 5.97 Å². The van der Waals surface area contributed by atoms with Crippen LogP contribution < -0.4 is 10.1 Å². The second-order valence-electron chi connectivity index (χ2n) is 5.86. The fraction of sp³-hybridized carbons (Fsp3) is 0.368. The van der Waals surface area contributed by atoms with E-state index in [0.717, 1.165) is 17.1 Å². The lowest BCUT2D eigenvalue weighted by atomic mass is 10.2. The van der Waals surface area contributed by atoms with Crippen molar-refractivity contribution in [3.63, 3.8) is 0 Å². The number of methoxy groups -OCH3 is 1. The Morgan fingerprint density at radius 2 is 2.04 bits per heavy atom. The van der Waals surface area contributed by atoms with Gasteiger partial charge in [0.25, 0.3) is 0 Å². The number of esters is 1. The van der Waals surface area contributed by atoms with Gasteiger partial charge in [0.05, 0.1) is 26.5 Å². The Morgan fingerprint density at radius 1 is 1.30 bits per heavy atom. The predicted molar refractivity (Wildman–Crippen MR) is 98.1 cm³/mol. The molecule has 2 heterocycles. The van der Waals surface area contributed by atoms with E-state index in [1.165, 1.54) is 6.20 Å². The van der Waals surface area contributed by atoms with Crippen LogP contribution in [-0.4, -0.2) is 42.0 Å². The summed E-state index contributed by atoms with van der Waals surface area (Å²) in [6, 6.07) is 9.56. The van der Waals surface area contributed by atoms with E-state index < -0.39 is 12.3 Å². The van der Waals surface area contributed by atoms with Gasteiger partial charge in [-0.15, -0.1) is 0 Å². The fourth-order valence-corrected chi connectivity index (χ4v) is 2.58. The summed E-state index contributed by atoms with van der Waals surface area (Å²) in [6.07, 6.45) is 2.15. The maximum absolute atomic E-state index is 12.2. The van der Waals surface area contributed by atoms with Crippen molar-refractivity contribution in [2.75, 3.05) is 19.0 Å². The number of hydrogen-bond acceptors (Lipinski definition) is 7. The summed E-state index contributed by atoms with van der Waals surface area (Å²) in [4.78, 5) is 12.2. The predicted octanol–water partition coefficient (Wildman–Crippen LogP) is 2.52. The molecule has 3 rings (SSSR count). The molecule has 1 aliphatic heterocycles. The monoisotopic (exact) mass is 373 g/mol. The van der Waals surface area contributed by atoms with Crippen LogP contribution in [0, 0.1) is 0 Å². The van der Waals surface area contributed by atoms with Crippen LogP contribution in [-0.2, 0) is 25.5 Å². The topological polar surface area (TPSA) is 83.8 Å². The van der Waals surface area contributed by atoms with Gasteiger partial charge in [-0.3, -0.25) is 0 Å². The summed E-state index contributed by atoms with van der Waals surface area (Å²) < 4.78 is 22.9. The average molecular weight is 373 g/mol. The molecule has 1 aliphatic rings. The molecule has 0 bridgehead atoms. The van der Waals surface area contributed by atoms with E-state index in [1.807, 2.05) is 30.3 Å². The Labute approximate surface area is 157 Å². The highest BCUT2D eigenvalue weighted by atomic mass is 16.9. The lowest BCUT2D eigenvalue weighted by molar-refractivity contribution is -0.358. The number of rotatable bonds is 8. The van der Waals surface area contributed by atoms with E-state index in [0.29, 0.717) is 6.54 Å². The molecule has 2 aromatic rings. The van der Waals surface area contributed by atoms with Gasteiger partial charge in [0.1, 0.15) is 17.1 Å². The largest absolute Gasteiger partial charge is 0.497 e. The Bertz CT molecular complexity index is 794. The van der Waals surface area contributed by atoms with E-state index in [-0.39, 0.29) is 18.5 Å². The first-order valence-electron chi connectivity index (χ1n) is 8.70. The van der Waals surface area contributed by atoms with Crippen molar-refractivity contribution in [3.8, 4) is 5.75 Å². The molecule has 27 heavy (non-hydrogen) atoms. The second-order valence-corrected chi connectivity index (χ2v) is 5.86. The number of anilines is 1. The first kappa shape index (κ1) is 18.9. The number of nitrogens with one attached hydrogen (secondary N) is 1. The molecule has 0 spiro atoms. The van der Waals surface area contributed by atoms with Gasteiger partial charge in [-0.05, 0) is 31.5 Å². The summed E-state index contributed by atoms with van der Waals surface area (Å²) >= 11 is 0. The second kappa shape index (κ2) is 8.70. The van der Waals surface area contributed by atoms with E-state index in [9.17, 15) is 4.79 Å². The van der Waals surface area contributed by atoms with Crippen molar-refractivity contribution in [3.05, 3.63) is 53.9 Å². The van der Waals surface area contributed by atoms with Gasteiger partial charge < -0.3 is 24.3 Å². The van der Waals surface area contributed by atoms with Crippen LogP contribution in [0.2, 0.25) is 0 Å². The third-order valence-corrected chi connectivity index (χ3v) is 3.98. The molecule has 0 saturated carbocycles. The smallest absolute Gasteiger partial charge is 0.340 e. The zero-order valence-corrected chi connectivity index (χ0v) is 15.5. The molecule has 0 unspecified atom stereocenters. The van der Waals surface area contributed by atoms with Crippen LogP contribution in [0.1, 0.15) is 19.4 Å². The minimum absolute atomic E-state index is 0.271. The number of carbonyl (C=O) groups is 1. The van der Waals surface area contributed by atoms with Gasteiger partial charge in [-0.2, -0.15) is 5.10 Å². The molecule has 0 atom stereocenters. The number of ether oxygens (including phenoxy) is 4. The van der Waals surface area contributed by atoms with Crippen molar-refractivity contribution in [2.24, 2.45) is 0 Å². The summed E-state index contributed by atoms with van der Waals surface area (Å²) in [7, 11) is 1.63. The van der Waals surface area contributed by atoms with Crippen molar-refractivity contribution in [2.45, 2.75) is 33.0 Å². The van der Waals surface area contributed by atoms with Gasteiger partial charge in [-0.25, -0.2) is 9.48 Å². The number of carbonyl (C=O) groups excluding carboxylic acids is 1. The minimum Gasteiger partial charge on any atom is -0.497 e. The number of hydrogen-bond donors (Lipinski definition) is 1. The zero-order valence-electron chi connectivity index (χ0n) is 15.5. The van der Waals surface area contributed by atoms with Crippen LogP contribution in [0.3, 0.4) is 0 Å². The van der Waals surface area contributed by atoms with Crippen LogP contribution in [0.15, 0.2) is 48.3 Å². The van der Waals surface area contributed by atoms with E-state index in [1.54, 1.807) is 31.8 Å². The van der Waals surface area contributed by atoms with Gasteiger partial charge in [0, 0.05) is 12.3 Å². The first-order chi connectivity index (χ1) is 13.1. The molecule has 0 amide bonds. The molecule has 0 radical (unpaired) electrons. The van der Waals surface area contributed by atoms with E-state index >= 15 is 0 Å². The lowest BCUT2D eigenvalue weighted by Gasteiger charge is -2.34. The maximum atomic E-state index is 12.2. The molecular weight excluding hydrogens is 350 g/mol. The molecule has 1 aromatic heterocycles. The summed E-state index contributed by atoms with van der Waals surface area (Å²) in [5, 5.41) is 7.41. The highest BCUT2D eigenvalue weighted by molar-refractivity contribution is 5.89. The number of benzene rings is 1. The maximum Gasteiger partial charge on any atom is 0.340 e. The highest BCUT2D eigenvalue weighted by Crippen LogP contribution is 2.24. The van der Waals surface area contributed by atoms with Gasteiger partial charge in [-0.1, -0.05) is 12.1 Å². The Hall–Kier alpha value is -2.84. The summed E-state index contributed by atoms with van der Waals surface area (Å²) in [5.41, 5.74) is 1.34. The number of nitrogens with zero attached hydrogens (tertiary/aromatic N) is 2. The molecule has 8 nitrogen and oxygen atoms in total. The molecule has 1 N–H and O–H groups in total. The SMILES string of the molecule is CCOC(=O)/C(=C\Nc1ccnn1Cc1ccc(OC)cc1)C1OC(C)O1. The first-order valence-corrected chi connectivity index (χ1v) is 8.70. The third kappa shape index (κ3) is 4.66. The highest BCUT2D eigenvalue weighted by Gasteiger charge is 2.35. The Morgan fingerprint density at radius 3 is 2.67 bits per heavy atom. The Balaban J connectivity index is 1.71. The standard InChI is InChI=1S/C19H23N3O5/c1-4-25-18(23)16(19-26-13(2)27-19)11-20-17-9-10-21-22(17)12-14-5-7-15(24-3)8-6-14/h5-11,13,19-20H,4,12H2,1-3H3/b16-11+. The van der Waals surface area contributed by atoms with Crippen molar-refractivity contribution in [1.29, 1.82) is 0 Å². The molecular formula is C19H23N3O5. The van der Waals surface area contributed by atoms with Gasteiger partial charge in [0.2, 0.25) is 0 Å². The van der Waals surface area contributed by atoms with E-state index in [2.05, 4.69) is 10.4 Å². The lowest BCUT2D eigenvalue weighted by Crippen LogP contribution is -2.42. The molecule has 8 heteroatoms. The minimum atomic E-state index is -0.732. The molecule has 0 aliphatic carbocycles.